The van der Waals surface area contributed by atoms with Gasteiger partial charge in [0, 0.05) is 0 Å². The summed E-state index contributed by atoms with van der Waals surface area (Å²) in [6, 6.07) is 8.26. The first kappa shape index (κ1) is 14.9. The molecule has 20 heavy (non-hydrogen) atoms. The maximum absolute atomic E-state index is 11.3. The number of aliphatic carboxylic acids is 1. The Morgan fingerprint density at radius 3 is 2.25 bits per heavy atom. The first-order chi connectivity index (χ1) is 9.40. The summed E-state index contributed by atoms with van der Waals surface area (Å²) in [5.41, 5.74) is 0.769. The third kappa shape index (κ3) is 3.33. The highest BCUT2D eigenvalue weighted by Gasteiger charge is 2.37. The lowest BCUT2D eigenvalue weighted by atomic mass is 9.70. The molecule has 3 heteroatoms. The molecule has 0 radical (unpaired) electrons. The number of hydrogen-bond acceptors (Lipinski definition) is 2. The minimum Gasteiger partial charge on any atom is -0.491 e. The Hall–Kier alpha value is -1.51. The van der Waals surface area contributed by atoms with Crippen molar-refractivity contribution in [2.24, 2.45) is 5.41 Å². The minimum atomic E-state index is -0.656. The number of carboxylic acid groups (broad SMARTS) is 1. The summed E-state index contributed by atoms with van der Waals surface area (Å²) in [5, 5.41) is 9.26. The summed E-state index contributed by atoms with van der Waals surface area (Å²) in [6.45, 7) is 5.90. The van der Waals surface area contributed by atoms with Gasteiger partial charge in [-0.25, -0.2) is 0 Å². The van der Waals surface area contributed by atoms with Crippen molar-refractivity contribution in [3.63, 3.8) is 0 Å². The van der Waals surface area contributed by atoms with Gasteiger partial charge >= 0.3 is 5.97 Å². The van der Waals surface area contributed by atoms with Crippen molar-refractivity contribution in [3.05, 3.63) is 29.8 Å². The summed E-state index contributed by atoms with van der Waals surface area (Å²) in [6.07, 6.45) is 3.61. The predicted molar refractivity (Wildman–Crippen MR) is 79.2 cm³/mol. The molecule has 0 amide bonds. The zero-order chi connectivity index (χ0) is 14.8. The third-order valence-electron chi connectivity index (χ3n) is 4.33. The van der Waals surface area contributed by atoms with Gasteiger partial charge < -0.3 is 9.84 Å². The van der Waals surface area contributed by atoms with E-state index in [1.807, 2.05) is 32.9 Å². The van der Waals surface area contributed by atoms with Gasteiger partial charge in [0.25, 0.3) is 0 Å². The molecule has 0 aliphatic heterocycles. The molecule has 3 nitrogen and oxygen atoms in total. The van der Waals surface area contributed by atoms with Crippen LogP contribution >= 0.6 is 0 Å². The largest absolute Gasteiger partial charge is 0.491 e. The second-order valence-electron chi connectivity index (χ2n) is 6.38. The summed E-state index contributed by atoms with van der Waals surface area (Å²) in [5.74, 6) is 0.724. The van der Waals surface area contributed by atoms with Gasteiger partial charge in [0.05, 0.1) is 11.5 Å². The summed E-state index contributed by atoms with van der Waals surface area (Å²) in [7, 11) is 0. The molecule has 0 bridgehead atoms. The van der Waals surface area contributed by atoms with Gasteiger partial charge in [-0.15, -0.1) is 0 Å². The Bertz CT molecular complexity index is 454. The smallest absolute Gasteiger partial charge is 0.309 e. The van der Waals surface area contributed by atoms with Gasteiger partial charge in [0.2, 0.25) is 0 Å². The highest BCUT2D eigenvalue weighted by atomic mass is 16.5. The number of carbonyl (C=O) groups is 1. The Kier molecular flexibility index (Phi) is 4.36. The second kappa shape index (κ2) is 5.86. The lowest BCUT2D eigenvalue weighted by Crippen LogP contribution is -2.31. The molecular formula is C17H24O3. The minimum absolute atomic E-state index is 0.187. The van der Waals surface area contributed by atoms with E-state index in [1.54, 1.807) is 0 Å². The molecule has 1 aromatic rings. The quantitative estimate of drug-likeness (QED) is 0.895. The Balaban J connectivity index is 1.99. The van der Waals surface area contributed by atoms with Crippen LogP contribution in [-0.2, 0) is 4.79 Å². The Labute approximate surface area is 121 Å². The van der Waals surface area contributed by atoms with Crippen LogP contribution in [0.3, 0.4) is 0 Å². The van der Waals surface area contributed by atoms with E-state index >= 15 is 0 Å². The lowest BCUT2D eigenvalue weighted by molar-refractivity contribution is -0.149. The molecule has 0 heterocycles. The molecule has 1 fully saturated rings. The van der Waals surface area contributed by atoms with Crippen molar-refractivity contribution >= 4 is 5.97 Å². The normalized spacial score (nSPS) is 26.5. The Morgan fingerprint density at radius 2 is 1.80 bits per heavy atom. The van der Waals surface area contributed by atoms with Crippen LogP contribution < -0.4 is 4.74 Å². The molecule has 0 saturated heterocycles. The first-order valence-corrected chi connectivity index (χ1v) is 7.41. The molecule has 0 unspecified atom stereocenters. The maximum atomic E-state index is 11.3. The fourth-order valence-electron chi connectivity index (χ4n) is 2.89. The SMILES string of the molecule is CC(C)Oc1ccc(C2CCC(C)(C(=O)O)CC2)cc1. The van der Waals surface area contributed by atoms with E-state index in [0.29, 0.717) is 5.92 Å². The lowest BCUT2D eigenvalue weighted by Gasteiger charge is -2.34. The van der Waals surface area contributed by atoms with E-state index in [-0.39, 0.29) is 6.10 Å². The maximum Gasteiger partial charge on any atom is 0.309 e. The van der Waals surface area contributed by atoms with Crippen LogP contribution in [0.1, 0.15) is 57.9 Å². The standard InChI is InChI=1S/C17H24O3/c1-12(2)20-15-6-4-13(5-7-15)14-8-10-17(3,11-9-14)16(18)19/h4-7,12,14H,8-11H2,1-3H3,(H,18,19). The van der Waals surface area contributed by atoms with Gasteiger partial charge in [0.1, 0.15) is 5.75 Å². The molecule has 0 atom stereocenters. The first-order valence-electron chi connectivity index (χ1n) is 7.41. The highest BCUT2D eigenvalue weighted by molar-refractivity contribution is 5.74. The van der Waals surface area contributed by atoms with Crippen LogP contribution in [0.4, 0.5) is 0 Å². The van der Waals surface area contributed by atoms with Gasteiger partial charge in [0.15, 0.2) is 0 Å². The third-order valence-corrected chi connectivity index (χ3v) is 4.33. The molecule has 1 aliphatic rings. The van der Waals surface area contributed by atoms with Crippen molar-refractivity contribution in [1.82, 2.24) is 0 Å². The Morgan fingerprint density at radius 1 is 1.25 bits per heavy atom. The van der Waals surface area contributed by atoms with Crippen molar-refractivity contribution in [1.29, 1.82) is 0 Å². The van der Waals surface area contributed by atoms with E-state index in [0.717, 1.165) is 31.4 Å². The van der Waals surface area contributed by atoms with Gasteiger partial charge in [-0.1, -0.05) is 12.1 Å². The zero-order valence-electron chi connectivity index (χ0n) is 12.6. The van der Waals surface area contributed by atoms with Crippen molar-refractivity contribution in [2.45, 2.75) is 58.5 Å². The van der Waals surface area contributed by atoms with Crippen LogP contribution in [0.15, 0.2) is 24.3 Å². The van der Waals surface area contributed by atoms with Crippen LogP contribution in [0.2, 0.25) is 0 Å². The topological polar surface area (TPSA) is 46.5 Å². The number of carboxylic acids is 1. The van der Waals surface area contributed by atoms with E-state index in [1.165, 1.54) is 5.56 Å². The summed E-state index contributed by atoms with van der Waals surface area (Å²) < 4.78 is 5.64. The zero-order valence-corrected chi connectivity index (χ0v) is 12.6. The van der Waals surface area contributed by atoms with E-state index < -0.39 is 11.4 Å². The van der Waals surface area contributed by atoms with Crippen molar-refractivity contribution in [3.8, 4) is 5.75 Å². The summed E-state index contributed by atoms with van der Waals surface area (Å²) >= 11 is 0. The van der Waals surface area contributed by atoms with E-state index in [9.17, 15) is 9.90 Å². The number of ether oxygens (including phenoxy) is 1. The molecule has 2 rings (SSSR count). The molecule has 1 aromatic carbocycles. The molecule has 1 aliphatic carbocycles. The number of rotatable bonds is 4. The fourth-order valence-corrected chi connectivity index (χ4v) is 2.89. The summed E-state index contributed by atoms with van der Waals surface area (Å²) in [4.78, 5) is 11.3. The molecule has 110 valence electrons. The molecule has 0 spiro atoms. The van der Waals surface area contributed by atoms with Crippen LogP contribution in [0.25, 0.3) is 0 Å². The van der Waals surface area contributed by atoms with Crippen LogP contribution in [0.5, 0.6) is 5.75 Å². The average molecular weight is 276 g/mol. The van der Waals surface area contributed by atoms with Crippen LogP contribution in [0, 0.1) is 5.41 Å². The van der Waals surface area contributed by atoms with E-state index in [4.69, 9.17) is 4.74 Å². The van der Waals surface area contributed by atoms with Gasteiger partial charge in [-0.2, -0.15) is 0 Å². The monoisotopic (exact) mass is 276 g/mol. The fraction of sp³-hybridized carbons (Fsp3) is 0.588. The van der Waals surface area contributed by atoms with Crippen molar-refractivity contribution < 1.29 is 14.6 Å². The highest BCUT2D eigenvalue weighted by Crippen LogP contribution is 2.43. The number of benzene rings is 1. The van der Waals surface area contributed by atoms with Gasteiger partial charge in [-0.05, 0) is 70.1 Å². The van der Waals surface area contributed by atoms with Crippen molar-refractivity contribution in [2.75, 3.05) is 0 Å². The van der Waals surface area contributed by atoms with E-state index in [2.05, 4.69) is 12.1 Å². The average Bonchev–Trinajstić information content (AvgIpc) is 2.40. The molecule has 0 aromatic heterocycles. The predicted octanol–water partition coefficient (Wildman–Crippen LogP) is 4.22. The molecule has 1 N–H and O–H groups in total. The second-order valence-corrected chi connectivity index (χ2v) is 6.38. The van der Waals surface area contributed by atoms with Crippen LogP contribution in [-0.4, -0.2) is 17.2 Å². The number of hydrogen-bond donors (Lipinski definition) is 1. The van der Waals surface area contributed by atoms with Gasteiger partial charge in [-0.3, -0.25) is 4.79 Å². The molecular weight excluding hydrogens is 252 g/mol. The molecule has 1 saturated carbocycles.